The molecule has 2 aromatic rings. The van der Waals surface area contributed by atoms with Gasteiger partial charge >= 0.3 is 12.1 Å². The second-order valence-electron chi connectivity index (χ2n) is 12.7. The van der Waals surface area contributed by atoms with Crippen LogP contribution in [0.4, 0.5) is 17.6 Å². The van der Waals surface area contributed by atoms with E-state index < -0.39 is 40.1 Å². The van der Waals surface area contributed by atoms with Crippen molar-refractivity contribution in [3.05, 3.63) is 70.3 Å². The Labute approximate surface area is 232 Å². The molecule has 1 aliphatic heterocycles. The zero-order valence-electron chi connectivity index (χ0n) is 23.3. The molecule has 1 N–H and O–H groups in total. The van der Waals surface area contributed by atoms with E-state index in [1.165, 1.54) is 12.1 Å². The number of aryl methyl sites for hydroxylation is 2. The molecule has 5 rings (SSSR count). The van der Waals surface area contributed by atoms with Gasteiger partial charge in [-0.25, -0.2) is 4.39 Å². The summed E-state index contributed by atoms with van der Waals surface area (Å²) in [7, 11) is 0. The summed E-state index contributed by atoms with van der Waals surface area (Å²) >= 11 is 0. The van der Waals surface area contributed by atoms with Crippen LogP contribution in [0.2, 0.25) is 0 Å². The molecule has 0 radical (unpaired) electrons. The number of likely N-dealkylation sites (tertiary alicyclic amines) is 1. The van der Waals surface area contributed by atoms with Crippen LogP contribution in [0.1, 0.15) is 80.2 Å². The number of benzene rings is 2. The molecule has 0 aromatic heterocycles. The molecule has 3 unspecified atom stereocenters. The standard InChI is InChI=1S/C32H37F4NO3/c1-20-4-6-21(7-5-20)19-31-16-17-37(28(40)29(2)14-12-22(13-15-29)27(38)39)26(31)11-8-23-18-24(9-10-25(23)31)30(3,33)32(34,35)36/h4-7,9-10,18,22,26H,8,11-17,19H2,1-3H3,(H,38,39). The van der Waals surface area contributed by atoms with Crippen molar-refractivity contribution in [2.24, 2.45) is 11.3 Å². The van der Waals surface area contributed by atoms with Gasteiger partial charge in [-0.3, -0.25) is 9.59 Å². The van der Waals surface area contributed by atoms with Crippen LogP contribution in [0, 0.1) is 18.3 Å². The molecule has 1 saturated carbocycles. The van der Waals surface area contributed by atoms with Crippen molar-refractivity contribution in [3.63, 3.8) is 0 Å². The van der Waals surface area contributed by atoms with E-state index in [1.807, 2.05) is 30.9 Å². The number of amides is 1. The average Bonchev–Trinajstić information content (AvgIpc) is 3.28. The van der Waals surface area contributed by atoms with Gasteiger partial charge in [-0.2, -0.15) is 13.2 Å². The summed E-state index contributed by atoms with van der Waals surface area (Å²) in [6.45, 7) is 5.04. The molecule has 216 valence electrons. The average molecular weight is 560 g/mol. The van der Waals surface area contributed by atoms with Crippen LogP contribution in [0.25, 0.3) is 0 Å². The van der Waals surface area contributed by atoms with Crippen LogP contribution >= 0.6 is 0 Å². The van der Waals surface area contributed by atoms with Crippen LogP contribution in [0.5, 0.6) is 0 Å². The smallest absolute Gasteiger partial charge is 0.426 e. The number of carboxylic acid groups (broad SMARTS) is 1. The Hall–Kier alpha value is -2.90. The van der Waals surface area contributed by atoms with E-state index in [1.54, 1.807) is 6.07 Å². The van der Waals surface area contributed by atoms with E-state index in [0.29, 0.717) is 64.8 Å². The summed E-state index contributed by atoms with van der Waals surface area (Å²) in [5, 5.41) is 9.43. The monoisotopic (exact) mass is 559 g/mol. The lowest BCUT2D eigenvalue weighted by atomic mass is 9.63. The first-order valence-electron chi connectivity index (χ1n) is 14.2. The van der Waals surface area contributed by atoms with Gasteiger partial charge in [0.1, 0.15) is 0 Å². The normalized spacial score (nSPS) is 29.8. The van der Waals surface area contributed by atoms with E-state index >= 15 is 0 Å². The van der Waals surface area contributed by atoms with Gasteiger partial charge in [-0.1, -0.05) is 55.0 Å². The second-order valence-corrected chi connectivity index (χ2v) is 12.7. The molecule has 4 nitrogen and oxygen atoms in total. The van der Waals surface area contributed by atoms with Gasteiger partial charge in [0.25, 0.3) is 0 Å². The lowest BCUT2D eigenvalue weighted by molar-refractivity contribution is -0.228. The number of aliphatic carboxylic acids is 1. The summed E-state index contributed by atoms with van der Waals surface area (Å²) in [5.41, 5.74) is -1.16. The number of hydrogen-bond acceptors (Lipinski definition) is 2. The minimum atomic E-state index is -5.02. The number of carbonyl (C=O) groups is 2. The number of alkyl halides is 4. The maximum atomic E-state index is 14.9. The van der Waals surface area contributed by atoms with E-state index in [9.17, 15) is 32.3 Å². The predicted octanol–water partition coefficient (Wildman–Crippen LogP) is 7.05. The predicted molar refractivity (Wildman–Crippen MR) is 144 cm³/mol. The molecule has 3 aliphatic rings. The highest BCUT2D eigenvalue weighted by atomic mass is 19.4. The van der Waals surface area contributed by atoms with Crippen molar-refractivity contribution in [2.75, 3.05) is 6.54 Å². The molecule has 1 amide bonds. The highest BCUT2D eigenvalue weighted by Gasteiger charge is 2.57. The highest BCUT2D eigenvalue weighted by molar-refractivity contribution is 5.84. The van der Waals surface area contributed by atoms with Crippen LogP contribution < -0.4 is 0 Å². The number of halogens is 4. The van der Waals surface area contributed by atoms with Gasteiger partial charge in [0.2, 0.25) is 11.6 Å². The minimum Gasteiger partial charge on any atom is -0.481 e. The Morgan fingerprint density at radius 3 is 2.25 bits per heavy atom. The Balaban J connectivity index is 1.52. The third kappa shape index (κ3) is 4.71. The van der Waals surface area contributed by atoms with Gasteiger partial charge < -0.3 is 10.0 Å². The third-order valence-electron chi connectivity index (χ3n) is 10.1. The fourth-order valence-corrected chi connectivity index (χ4v) is 7.40. The molecule has 8 heteroatoms. The van der Waals surface area contributed by atoms with Gasteiger partial charge in [-0.05, 0) is 87.5 Å². The van der Waals surface area contributed by atoms with E-state index in [2.05, 4.69) is 12.1 Å². The van der Waals surface area contributed by atoms with E-state index in [0.717, 1.165) is 22.3 Å². The summed E-state index contributed by atoms with van der Waals surface area (Å²) in [6, 6.07) is 12.4. The van der Waals surface area contributed by atoms with E-state index in [4.69, 9.17) is 0 Å². The number of rotatable bonds is 5. The van der Waals surface area contributed by atoms with Crippen molar-refractivity contribution in [2.45, 2.75) is 95.4 Å². The SMILES string of the molecule is Cc1ccc(CC23CCN(C(=O)C4(C)CCC(C(=O)O)CC4)C2CCc2cc(C(C)(F)C(F)(F)F)ccc23)cc1. The number of hydrogen-bond donors (Lipinski definition) is 1. The summed E-state index contributed by atoms with van der Waals surface area (Å²) in [5.74, 6) is -1.19. The van der Waals surface area contributed by atoms with Crippen molar-refractivity contribution >= 4 is 11.9 Å². The van der Waals surface area contributed by atoms with Gasteiger partial charge in [-0.15, -0.1) is 0 Å². The third-order valence-corrected chi connectivity index (χ3v) is 10.1. The molecular formula is C32H37F4NO3. The number of fused-ring (bicyclic) bond motifs is 3. The minimum absolute atomic E-state index is 0.0422. The summed E-state index contributed by atoms with van der Waals surface area (Å²) in [6.07, 6.45) is -0.733. The molecule has 2 fully saturated rings. The Kier molecular flexibility index (Phi) is 7.07. The highest BCUT2D eigenvalue weighted by Crippen LogP contribution is 2.52. The molecule has 1 heterocycles. The van der Waals surface area contributed by atoms with Crippen LogP contribution in [-0.2, 0) is 33.5 Å². The van der Waals surface area contributed by atoms with Crippen LogP contribution in [0.3, 0.4) is 0 Å². The van der Waals surface area contributed by atoms with Gasteiger partial charge in [0.05, 0.1) is 5.92 Å². The van der Waals surface area contributed by atoms with Crippen LogP contribution in [-0.4, -0.2) is 40.6 Å². The largest absolute Gasteiger partial charge is 0.481 e. The lowest BCUT2D eigenvalue weighted by Gasteiger charge is -2.46. The molecule has 2 aliphatic carbocycles. The maximum absolute atomic E-state index is 14.9. The van der Waals surface area contributed by atoms with Crippen molar-refractivity contribution in [3.8, 4) is 0 Å². The van der Waals surface area contributed by atoms with E-state index in [-0.39, 0.29) is 11.9 Å². The van der Waals surface area contributed by atoms with Crippen molar-refractivity contribution in [1.82, 2.24) is 4.90 Å². The fourth-order valence-electron chi connectivity index (χ4n) is 7.40. The molecule has 3 atom stereocenters. The lowest BCUT2D eigenvalue weighted by Crippen LogP contribution is -2.53. The van der Waals surface area contributed by atoms with Gasteiger partial charge in [0.15, 0.2) is 0 Å². The first-order chi connectivity index (χ1) is 18.7. The van der Waals surface area contributed by atoms with Crippen molar-refractivity contribution < 1.29 is 32.3 Å². The van der Waals surface area contributed by atoms with Crippen LogP contribution in [0.15, 0.2) is 42.5 Å². The molecule has 0 bridgehead atoms. The zero-order chi connectivity index (χ0) is 29.1. The molecule has 40 heavy (non-hydrogen) atoms. The molecular weight excluding hydrogens is 522 g/mol. The number of nitrogens with zero attached hydrogens (tertiary/aromatic N) is 1. The Morgan fingerprint density at radius 2 is 1.65 bits per heavy atom. The van der Waals surface area contributed by atoms with Gasteiger partial charge in [0, 0.05) is 23.4 Å². The molecule has 2 aromatic carbocycles. The Bertz CT molecular complexity index is 1290. The zero-order valence-corrected chi connectivity index (χ0v) is 23.3. The quantitative estimate of drug-likeness (QED) is 0.400. The Morgan fingerprint density at radius 1 is 1.00 bits per heavy atom. The fraction of sp³-hybridized carbons (Fsp3) is 0.562. The second kappa shape index (κ2) is 9.88. The summed E-state index contributed by atoms with van der Waals surface area (Å²) < 4.78 is 55.5. The number of carbonyl (C=O) groups excluding carboxylic acids is 1. The molecule has 1 saturated heterocycles. The maximum Gasteiger partial charge on any atom is 0.426 e. The molecule has 0 spiro atoms. The topological polar surface area (TPSA) is 57.6 Å². The van der Waals surface area contributed by atoms with Crippen molar-refractivity contribution in [1.29, 1.82) is 0 Å². The summed E-state index contributed by atoms with van der Waals surface area (Å²) in [4.78, 5) is 27.6. The first kappa shape index (κ1) is 28.6. The number of carboxylic acids is 1. The first-order valence-corrected chi connectivity index (χ1v) is 14.2.